The Hall–Kier alpha value is -1.13. The highest BCUT2D eigenvalue weighted by atomic mass is 32.1. The van der Waals surface area contributed by atoms with E-state index in [4.69, 9.17) is 0 Å². The van der Waals surface area contributed by atoms with Gasteiger partial charge in [-0.3, -0.25) is 0 Å². The van der Waals surface area contributed by atoms with Crippen LogP contribution < -0.4 is 5.32 Å². The molecule has 0 amide bonds. The van der Waals surface area contributed by atoms with Crippen LogP contribution in [0.5, 0.6) is 0 Å². The molecule has 16 heavy (non-hydrogen) atoms. The van der Waals surface area contributed by atoms with E-state index in [2.05, 4.69) is 46.2 Å². The van der Waals surface area contributed by atoms with Crippen LogP contribution in [0, 0.1) is 0 Å². The van der Waals surface area contributed by atoms with Crippen molar-refractivity contribution in [3.63, 3.8) is 0 Å². The van der Waals surface area contributed by atoms with E-state index in [9.17, 15) is 0 Å². The van der Waals surface area contributed by atoms with Crippen LogP contribution in [0.25, 0.3) is 10.7 Å². The topological polar surface area (TPSA) is 29.9 Å². The number of hydrogen-bond donors (Lipinski definition) is 1. The van der Waals surface area contributed by atoms with Gasteiger partial charge in [-0.15, -0.1) is 11.3 Å². The molecule has 3 nitrogen and oxygen atoms in total. The molecule has 0 spiro atoms. The first-order valence-corrected chi connectivity index (χ1v) is 6.47. The molecular weight excluding hydrogens is 218 g/mol. The third kappa shape index (κ3) is 2.51. The highest BCUT2D eigenvalue weighted by Crippen LogP contribution is 2.22. The lowest BCUT2D eigenvalue weighted by Crippen LogP contribution is -2.30. The SMILES string of the molecule is CCNC(C)Cn1ccnc1-c1cccs1. The standard InChI is InChI=1S/C12H17N3S/c1-3-13-10(2)9-15-7-6-14-12(15)11-5-4-8-16-11/h4-8,10,13H,3,9H2,1-2H3. The number of thiophene rings is 1. The summed E-state index contributed by atoms with van der Waals surface area (Å²) in [4.78, 5) is 5.65. The van der Waals surface area contributed by atoms with Crippen LogP contribution in [-0.2, 0) is 6.54 Å². The number of imidazole rings is 1. The van der Waals surface area contributed by atoms with Gasteiger partial charge < -0.3 is 9.88 Å². The van der Waals surface area contributed by atoms with Crippen LogP contribution in [0.2, 0.25) is 0 Å². The number of aromatic nitrogens is 2. The number of likely N-dealkylation sites (N-methyl/N-ethyl adjacent to an activating group) is 1. The lowest BCUT2D eigenvalue weighted by Gasteiger charge is -2.14. The summed E-state index contributed by atoms with van der Waals surface area (Å²) in [7, 11) is 0. The number of nitrogens with zero attached hydrogens (tertiary/aromatic N) is 2. The average Bonchev–Trinajstić information content (AvgIpc) is 2.86. The van der Waals surface area contributed by atoms with Gasteiger partial charge in [-0.05, 0) is 24.9 Å². The number of rotatable bonds is 5. The van der Waals surface area contributed by atoms with Gasteiger partial charge in [0.15, 0.2) is 0 Å². The smallest absolute Gasteiger partial charge is 0.150 e. The molecule has 1 unspecified atom stereocenters. The van der Waals surface area contributed by atoms with Crippen molar-refractivity contribution in [3.05, 3.63) is 29.9 Å². The zero-order chi connectivity index (χ0) is 11.4. The maximum atomic E-state index is 4.42. The zero-order valence-corrected chi connectivity index (χ0v) is 10.5. The summed E-state index contributed by atoms with van der Waals surface area (Å²) in [5, 5.41) is 5.50. The molecule has 0 saturated heterocycles. The molecule has 0 aliphatic heterocycles. The van der Waals surface area contributed by atoms with Crippen LogP contribution in [-0.4, -0.2) is 22.1 Å². The second kappa shape index (κ2) is 5.27. The maximum Gasteiger partial charge on any atom is 0.150 e. The van der Waals surface area contributed by atoms with Gasteiger partial charge in [0.25, 0.3) is 0 Å². The number of hydrogen-bond acceptors (Lipinski definition) is 3. The molecule has 86 valence electrons. The van der Waals surface area contributed by atoms with E-state index < -0.39 is 0 Å². The molecule has 0 aromatic carbocycles. The Morgan fingerprint density at radius 3 is 3.12 bits per heavy atom. The van der Waals surface area contributed by atoms with Crippen molar-refractivity contribution in [1.29, 1.82) is 0 Å². The van der Waals surface area contributed by atoms with Crippen molar-refractivity contribution < 1.29 is 0 Å². The monoisotopic (exact) mass is 235 g/mol. The highest BCUT2D eigenvalue weighted by Gasteiger charge is 2.08. The highest BCUT2D eigenvalue weighted by molar-refractivity contribution is 7.13. The number of nitrogens with one attached hydrogen (secondary N) is 1. The minimum absolute atomic E-state index is 0.470. The van der Waals surface area contributed by atoms with E-state index in [1.807, 2.05) is 12.4 Å². The van der Waals surface area contributed by atoms with Crippen molar-refractivity contribution >= 4 is 11.3 Å². The first-order valence-electron chi connectivity index (χ1n) is 5.59. The Morgan fingerprint density at radius 2 is 2.44 bits per heavy atom. The van der Waals surface area contributed by atoms with E-state index in [-0.39, 0.29) is 0 Å². The fourth-order valence-electron chi connectivity index (χ4n) is 1.80. The van der Waals surface area contributed by atoms with Gasteiger partial charge in [-0.25, -0.2) is 4.98 Å². The lowest BCUT2D eigenvalue weighted by molar-refractivity contribution is 0.492. The van der Waals surface area contributed by atoms with Gasteiger partial charge in [0.2, 0.25) is 0 Å². The Bertz CT molecular complexity index is 419. The molecule has 0 radical (unpaired) electrons. The van der Waals surface area contributed by atoms with Crippen molar-refractivity contribution in [2.75, 3.05) is 6.54 Å². The predicted molar refractivity (Wildman–Crippen MR) is 68.7 cm³/mol. The van der Waals surface area contributed by atoms with Gasteiger partial charge in [0.05, 0.1) is 4.88 Å². The molecule has 2 rings (SSSR count). The fourth-order valence-corrected chi connectivity index (χ4v) is 2.53. The third-order valence-electron chi connectivity index (χ3n) is 2.48. The fraction of sp³-hybridized carbons (Fsp3) is 0.417. The molecule has 4 heteroatoms. The molecule has 0 aliphatic rings. The molecule has 2 aromatic heterocycles. The summed E-state index contributed by atoms with van der Waals surface area (Å²) >= 11 is 1.73. The molecule has 0 saturated carbocycles. The van der Waals surface area contributed by atoms with Gasteiger partial charge in [-0.2, -0.15) is 0 Å². The van der Waals surface area contributed by atoms with Crippen molar-refractivity contribution in [2.24, 2.45) is 0 Å². The molecule has 2 aromatic rings. The van der Waals surface area contributed by atoms with E-state index in [0.29, 0.717) is 6.04 Å². The van der Waals surface area contributed by atoms with Crippen molar-refractivity contribution in [2.45, 2.75) is 26.4 Å². The Labute approximate surface area is 100 Å². The second-order valence-electron chi connectivity index (χ2n) is 3.84. The largest absolute Gasteiger partial charge is 0.329 e. The van der Waals surface area contributed by atoms with E-state index in [1.54, 1.807) is 11.3 Å². The quantitative estimate of drug-likeness (QED) is 0.863. The van der Waals surface area contributed by atoms with Crippen molar-refractivity contribution in [3.8, 4) is 10.7 Å². The van der Waals surface area contributed by atoms with E-state index >= 15 is 0 Å². The normalized spacial score (nSPS) is 12.9. The first kappa shape index (κ1) is 11.4. The maximum absolute atomic E-state index is 4.42. The molecule has 0 fully saturated rings. The molecule has 1 N–H and O–H groups in total. The van der Waals surface area contributed by atoms with Gasteiger partial charge >= 0.3 is 0 Å². The Balaban J connectivity index is 2.14. The minimum atomic E-state index is 0.470. The molecule has 0 aliphatic carbocycles. The summed E-state index contributed by atoms with van der Waals surface area (Å²) in [6.07, 6.45) is 3.91. The summed E-state index contributed by atoms with van der Waals surface area (Å²) in [5.41, 5.74) is 0. The Kier molecular flexibility index (Phi) is 3.74. The zero-order valence-electron chi connectivity index (χ0n) is 9.68. The molecular formula is C12H17N3S. The Morgan fingerprint density at radius 1 is 1.56 bits per heavy atom. The third-order valence-corrected chi connectivity index (χ3v) is 3.35. The van der Waals surface area contributed by atoms with Crippen LogP contribution in [0.3, 0.4) is 0 Å². The average molecular weight is 235 g/mol. The van der Waals surface area contributed by atoms with E-state index in [1.165, 1.54) is 4.88 Å². The van der Waals surface area contributed by atoms with Gasteiger partial charge in [0.1, 0.15) is 5.82 Å². The summed E-state index contributed by atoms with van der Waals surface area (Å²) in [6.45, 7) is 6.29. The lowest BCUT2D eigenvalue weighted by atomic mass is 10.3. The minimum Gasteiger partial charge on any atom is -0.329 e. The van der Waals surface area contributed by atoms with E-state index in [0.717, 1.165) is 18.9 Å². The van der Waals surface area contributed by atoms with Crippen LogP contribution in [0.4, 0.5) is 0 Å². The van der Waals surface area contributed by atoms with Crippen LogP contribution in [0.1, 0.15) is 13.8 Å². The van der Waals surface area contributed by atoms with Crippen LogP contribution >= 0.6 is 11.3 Å². The molecule has 0 bridgehead atoms. The van der Waals surface area contributed by atoms with Crippen molar-refractivity contribution in [1.82, 2.24) is 14.9 Å². The summed E-state index contributed by atoms with van der Waals surface area (Å²) < 4.78 is 2.21. The van der Waals surface area contributed by atoms with Crippen LogP contribution in [0.15, 0.2) is 29.9 Å². The second-order valence-corrected chi connectivity index (χ2v) is 4.79. The summed E-state index contributed by atoms with van der Waals surface area (Å²) in [5.74, 6) is 1.07. The molecule has 1 atom stereocenters. The van der Waals surface area contributed by atoms with Gasteiger partial charge in [-0.1, -0.05) is 13.0 Å². The summed E-state index contributed by atoms with van der Waals surface area (Å²) in [6, 6.07) is 4.65. The van der Waals surface area contributed by atoms with Gasteiger partial charge in [0, 0.05) is 25.0 Å². The predicted octanol–water partition coefficient (Wildman–Crippen LogP) is 2.61. The molecule has 2 heterocycles. The first-order chi connectivity index (χ1) is 7.81.